The van der Waals surface area contributed by atoms with Gasteiger partial charge in [0.1, 0.15) is 4.34 Å². The number of thiophene rings is 1. The zero-order valence-electron chi connectivity index (χ0n) is 10.6. The molecule has 1 aromatic carbocycles. The molecular formula is C13H11Cl2N3O2S. The molecule has 0 fully saturated rings. The van der Waals surface area contributed by atoms with E-state index in [4.69, 9.17) is 34.7 Å². The molecule has 2 rings (SSSR count). The Labute approximate surface area is 134 Å². The Balaban J connectivity index is 2.55. The van der Waals surface area contributed by atoms with Gasteiger partial charge in [0.25, 0.3) is 5.91 Å². The average molecular weight is 344 g/mol. The fraction of sp³-hybridized carbons (Fsp3) is 0.0769. The van der Waals surface area contributed by atoms with E-state index in [1.807, 2.05) is 0 Å². The highest BCUT2D eigenvalue weighted by Gasteiger charge is 2.13. The molecule has 0 saturated carbocycles. The van der Waals surface area contributed by atoms with Gasteiger partial charge < -0.3 is 16.6 Å². The number of carbonyl (C=O) groups excluding carboxylic acids is 1. The lowest BCUT2D eigenvalue weighted by Gasteiger charge is -2.06. The van der Waals surface area contributed by atoms with Crippen LogP contribution in [0.3, 0.4) is 0 Å². The van der Waals surface area contributed by atoms with Crippen molar-refractivity contribution in [3.63, 3.8) is 0 Å². The molecule has 0 aliphatic carbocycles. The Bertz CT molecular complexity index is 724. The topological polar surface area (TPSA) is 102 Å². The first-order valence-electron chi connectivity index (χ1n) is 5.74. The maximum absolute atomic E-state index is 11.9. The van der Waals surface area contributed by atoms with Crippen molar-refractivity contribution >= 4 is 46.4 Å². The minimum Gasteiger partial charge on any atom is -0.392 e. The van der Waals surface area contributed by atoms with Crippen LogP contribution in [-0.2, 0) is 6.61 Å². The summed E-state index contributed by atoms with van der Waals surface area (Å²) < 4.78 is 1.02. The van der Waals surface area contributed by atoms with Crippen molar-refractivity contribution in [2.45, 2.75) is 6.61 Å². The number of halogens is 2. The monoisotopic (exact) mass is 343 g/mol. The summed E-state index contributed by atoms with van der Waals surface area (Å²) in [5, 5.41) is 9.32. The van der Waals surface area contributed by atoms with Crippen LogP contribution in [0.1, 0.15) is 15.9 Å². The smallest absolute Gasteiger partial charge is 0.280 e. The van der Waals surface area contributed by atoms with E-state index in [-0.39, 0.29) is 18.1 Å². The second kappa shape index (κ2) is 6.44. The highest BCUT2D eigenvalue weighted by Crippen LogP contribution is 2.38. The predicted octanol–water partition coefficient (Wildman–Crippen LogP) is 2.63. The largest absolute Gasteiger partial charge is 0.392 e. The summed E-state index contributed by atoms with van der Waals surface area (Å²) in [5.41, 5.74) is 12.5. The molecule has 5 nitrogen and oxygen atoms in total. The number of hydrogen-bond acceptors (Lipinski definition) is 3. The molecule has 0 aliphatic heterocycles. The first kappa shape index (κ1) is 15.8. The van der Waals surface area contributed by atoms with E-state index in [9.17, 15) is 9.90 Å². The van der Waals surface area contributed by atoms with Crippen molar-refractivity contribution in [2.75, 3.05) is 0 Å². The lowest BCUT2D eigenvalue weighted by molar-refractivity contribution is 0.100. The number of aliphatic hydroxyl groups excluding tert-OH is 1. The van der Waals surface area contributed by atoms with Crippen LogP contribution >= 0.6 is 34.5 Å². The van der Waals surface area contributed by atoms with Crippen molar-refractivity contribution in [1.29, 1.82) is 0 Å². The average Bonchev–Trinajstić information content (AvgIpc) is 2.76. The molecule has 0 bridgehead atoms. The van der Waals surface area contributed by atoms with Gasteiger partial charge in [0.05, 0.1) is 10.9 Å². The van der Waals surface area contributed by atoms with Gasteiger partial charge in [0.2, 0.25) is 0 Å². The van der Waals surface area contributed by atoms with E-state index in [0.717, 1.165) is 0 Å². The van der Waals surface area contributed by atoms with Gasteiger partial charge in [0, 0.05) is 11.1 Å². The molecule has 8 heteroatoms. The maximum atomic E-state index is 11.9. The molecule has 1 aromatic heterocycles. The highest BCUT2D eigenvalue weighted by atomic mass is 35.5. The Morgan fingerprint density at radius 2 is 1.95 bits per heavy atom. The molecule has 0 unspecified atom stereocenters. The molecular weight excluding hydrogens is 333 g/mol. The molecule has 0 radical (unpaired) electrons. The summed E-state index contributed by atoms with van der Waals surface area (Å²) in [6.07, 6.45) is 0. The van der Waals surface area contributed by atoms with Gasteiger partial charge in [-0.05, 0) is 35.4 Å². The summed E-state index contributed by atoms with van der Waals surface area (Å²) in [4.78, 5) is 15.4. The van der Waals surface area contributed by atoms with Crippen molar-refractivity contribution < 1.29 is 9.90 Å². The fourth-order valence-electron chi connectivity index (χ4n) is 1.78. The van der Waals surface area contributed by atoms with Crippen LogP contribution < -0.4 is 11.5 Å². The van der Waals surface area contributed by atoms with Gasteiger partial charge >= 0.3 is 0 Å². The first-order valence-corrected chi connectivity index (χ1v) is 7.32. The van der Waals surface area contributed by atoms with Crippen molar-refractivity contribution in [3.8, 4) is 11.1 Å². The molecule has 2 aromatic rings. The Hall–Kier alpha value is -1.60. The molecule has 21 heavy (non-hydrogen) atoms. The number of amides is 1. The van der Waals surface area contributed by atoms with Crippen LogP contribution in [0.5, 0.6) is 0 Å². The van der Waals surface area contributed by atoms with Crippen LogP contribution in [0, 0.1) is 0 Å². The molecule has 110 valence electrons. The van der Waals surface area contributed by atoms with Gasteiger partial charge in [-0.2, -0.15) is 4.99 Å². The van der Waals surface area contributed by atoms with Gasteiger partial charge in [-0.15, -0.1) is 11.3 Å². The standard InChI is InChI=1S/C13H11Cl2N3O2S/c14-10-4-9(11(15)21-10)7-1-6(5-19)2-8(3-7)12(20)18-13(16)17/h1-4,19H,5H2,(H4,16,17,18,20). The fourth-order valence-corrected chi connectivity index (χ4v) is 3.29. The third-order valence-corrected chi connectivity index (χ3v) is 4.11. The van der Waals surface area contributed by atoms with E-state index < -0.39 is 5.91 Å². The summed E-state index contributed by atoms with van der Waals surface area (Å²) in [6.45, 7) is -0.231. The number of guanidine groups is 1. The summed E-state index contributed by atoms with van der Waals surface area (Å²) in [6, 6.07) is 6.52. The summed E-state index contributed by atoms with van der Waals surface area (Å²) >= 11 is 13.3. The van der Waals surface area contributed by atoms with Crippen LogP contribution in [0.4, 0.5) is 0 Å². The minimum absolute atomic E-state index is 0.231. The van der Waals surface area contributed by atoms with E-state index in [1.54, 1.807) is 18.2 Å². The first-order chi connectivity index (χ1) is 9.90. The van der Waals surface area contributed by atoms with Gasteiger partial charge in [-0.3, -0.25) is 4.79 Å². The van der Waals surface area contributed by atoms with Crippen LogP contribution in [0.15, 0.2) is 29.3 Å². The Kier molecular flexibility index (Phi) is 4.84. The number of hydrogen-bond donors (Lipinski definition) is 3. The third kappa shape index (κ3) is 3.74. The quantitative estimate of drug-likeness (QED) is 0.588. The number of nitrogens with two attached hydrogens (primary N) is 2. The molecule has 5 N–H and O–H groups in total. The molecule has 0 atom stereocenters. The van der Waals surface area contributed by atoms with E-state index in [2.05, 4.69) is 4.99 Å². The second-order valence-corrected chi connectivity index (χ2v) is 6.44. The predicted molar refractivity (Wildman–Crippen MR) is 85.8 cm³/mol. The summed E-state index contributed by atoms with van der Waals surface area (Å²) in [7, 11) is 0. The van der Waals surface area contributed by atoms with Gasteiger partial charge in [0.15, 0.2) is 5.96 Å². The normalized spacial score (nSPS) is 10.4. The second-order valence-electron chi connectivity index (χ2n) is 4.16. The van der Waals surface area contributed by atoms with E-state index in [1.165, 1.54) is 17.4 Å². The Morgan fingerprint density at radius 1 is 1.24 bits per heavy atom. The van der Waals surface area contributed by atoms with Crippen molar-refractivity contribution in [3.05, 3.63) is 44.1 Å². The minimum atomic E-state index is -0.594. The number of carbonyl (C=O) groups is 1. The molecule has 1 heterocycles. The lowest BCUT2D eigenvalue weighted by atomic mass is 10.0. The number of rotatable bonds is 3. The summed E-state index contributed by atoms with van der Waals surface area (Å²) in [5.74, 6) is -0.920. The third-order valence-electron chi connectivity index (χ3n) is 2.62. The van der Waals surface area contributed by atoms with Gasteiger partial charge in [-0.25, -0.2) is 0 Å². The zero-order valence-corrected chi connectivity index (χ0v) is 13.0. The van der Waals surface area contributed by atoms with Gasteiger partial charge in [-0.1, -0.05) is 23.2 Å². The van der Waals surface area contributed by atoms with E-state index in [0.29, 0.717) is 25.4 Å². The van der Waals surface area contributed by atoms with E-state index >= 15 is 0 Å². The number of benzene rings is 1. The number of aliphatic hydroxyl groups is 1. The number of aliphatic imine (C=N–C) groups is 1. The molecule has 0 saturated heterocycles. The molecule has 0 spiro atoms. The van der Waals surface area contributed by atoms with Crippen molar-refractivity contribution in [1.82, 2.24) is 0 Å². The van der Waals surface area contributed by atoms with Crippen molar-refractivity contribution in [2.24, 2.45) is 16.5 Å². The number of nitrogens with zero attached hydrogens (tertiary/aromatic N) is 1. The zero-order chi connectivity index (χ0) is 15.6. The highest BCUT2D eigenvalue weighted by molar-refractivity contribution is 7.20. The lowest BCUT2D eigenvalue weighted by Crippen LogP contribution is -2.24. The van der Waals surface area contributed by atoms with Crippen LogP contribution in [0.25, 0.3) is 11.1 Å². The SMILES string of the molecule is NC(N)=NC(=O)c1cc(CO)cc(-c2cc(Cl)sc2Cl)c1. The van der Waals surface area contributed by atoms with Crippen LogP contribution in [-0.4, -0.2) is 17.0 Å². The maximum Gasteiger partial charge on any atom is 0.280 e. The Morgan fingerprint density at radius 3 is 2.48 bits per heavy atom. The molecule has 0 aliphatic rings. The van der Waals surface area contributed by atoms with Crippen LogP contribution in [0.2, 0.25) is 8.67 Å². The molecule has 1 amide bonds.